The van der Waals surface area contributed by atoms with Crippen LogP contribution in [-0.4, -0.2) is 10.5 Å². The lowest BCUT2D eigenvalue weighted by atomic mass is 10.3. The average Bonchev–Trinajstić information content (AvgIpc) is 2.38. The number of rotatable bonds is 3. The first-order valence-corrected chi connectivity index (χ1v) is 6.70. The number of nitrogens with zero attached hydrogens (tertiary/aromatic N) is 1. The van der Waals surface area contributed by atoms with Crippen LogP contribution in [0.3, 0.4) is 0 Å². The largest absolute Gasteiger partial charge is 0.323 e. The van der Waals surface area contributed by atoms with Crippen LogP contribution in [0.25, 0.3) is 0 Å². The highest BCUT2D eigenvalue weighted by atomic mass is 35.5. The number of benzene rings is 1. The third-order valence-electron chi connectivity index (χ3n) is 2.46. The second kappa shape index (κ2) is 6.31. The summed E-state index contributed by atoms with van der Waals surface area (Å²) in [5, 5.41) is 3.77. The number of carbonyl (C=O) groups excluding carboxylic acids is 1. The molecule has 4 nitrogen and oxygen atoms in total. The Labute approximate surface area is 129 Å². The molecule has 0 radical (unpaired) electrons. The fourth-order valence-corrected chi connectivity index (χ4v) is 2.08. The molecule has 2 rings (SSSR count). The molecule has 1 aromatic carbocycles. The molecular weight excluding hydrogens is 323 g/mol. The van der Waals surface area contributed by atoms with E-state index in [1.807, 2.05) is 0 Å². The Bertz CT molecular complexity index is 713. The zero-order chi connectivity index (χ0) is 14.7. The number of halogens is 3. The van der Waals surface area contributed by atoms with E-state index in [-0.39, 0.29) is 12.1 Å². The van der Waals surface area contributed by atoms with Crippen molar-refractivity contribution in [2.24, 2.45) is 0 Å². The summed E-state index contributed by atoms with van der Waals surface area (Å²) in [5.74, 6) is -0.404. The molecule has 1 heterocycles. The molecule has 0 saturated heterocycles. The number of nitrogens with one attached hydrogen (secondary N) is 1. The van der Waals surface area contributed by atoms with Gasteiger partial charge in [0, 0.05) is 17.3 Å². The van der Waals surface area contributed by atoms with E-state index < -0.39 is 5.91 Å². The third-order valence-corrected chi connectivity index (χ3v) is 3.25. The average molecular weight is 332 g/mol. The zero-order valence-corrected chi connectivity index (χ0v) is 12.3. The SMILES string of the molecule is O=C(Cn1cc(Cl)ccc1=O)Nc1cc(Cl)ccc1Cl. The minimum Gasteiger partial charge on any atom is -0.323 e. The Kier molecular flexibility index (Phi) is 4.70. The van der Waals surface area contributed by atoms with Gasteiger partial charge in [-0.05, 0) is 24.3 Å². The van der Waals surface area contributed by atoms with Crippen LogP contribution in [0.5, 0.6) is 0 Å². The number of aromatic nitrogens is 1. The van der Waals surface area contributed by atoms with Crippen molar-refractivity contribution in [2.45, 2.75) is 6.54 Å². The van der Waals surface area contributed by atoms with Crippen molar-refractivity contribution in [3.05, 3.63) is 62.0 Å². The van der Waals surface area contributed by atoms with Crippen LogP contribution in [0.1, 0.15) is 0 Å². The van der Waals surface area contributed by atoms with Gasteiger partial charge in [0.2, 0.25) is 5.91 Å². The molecule has 0 fully saturated rings. The van der Waals surface area contributed by atoms with Crippen molar-refractivity contribution in [1.82, 2.24) is 4.57 Å². The van der Waals surface area contributed by atoms with Crippen LogP contribution in [0.15, 0.2) is 41.3 Å². The van der Waals surface area contributed by atoms with Crippen molar-refractivity contribution < 1.29 is 4.79 Å². The molecule has 0 unspecified atom stereocenters. The van der Waals surface area contributed by atoms with Gasteiger partial charge in [-0.2, -0.15) is 0 Å². The number of anilines is 1. The minimum atomic E-state index is -0.404. The summed E-state index contributed by atoms with van der Waals surface area (Å²) in [5.41, 5.74) is 0.0704. The smallest absolute Gasteiger partial charge is 0.251 e. The second-order valence-corrected chi connectivity index (χ2v) is 5.27. The normalized spacial score (nSPS) is 10.3. The van der Waals surface area contributed by atoms with Crippen LogP contribution < -0.4 is 10.9 Å². The Morgan fingerprint density at radius 1 is 1.10 bits per heavy atom. The first-order chi connectivity index (χ1) is 9.45. The van der Waals surface area contributed by atoms with Crippen LogP contribution in [-0.2, 0) is 11.3 Å². The standard InChI is InChI=1S/C13H9Cl3N2O2/c14-8-1-3-10(16)11(5-8)17-12(19)7-18-6-9(15)2-4-13(18)20/h1-6H,7H2,(H,17,19). The van der Waals surface area contributed by atoms with Gasteiger partial charge in [-0.15, -0.1) is 0 Å². The lowest BCUT2D eigenvalue weighted by Gasteiger charge is -2.09. The molecule has 0 spiro atoms. The Balaban J connectivity index is 2.15. The minimum absolute atomic E-state index is 0.164. The van der Waals surface area contributed by atoms with Gasteiger partial charge in [-0.3, -0.25) is 9.59 Å². The van der Waals surface area contributed by atoms with E-state index in [0.717, 1.165) is 0 Å². The number of amides is 1. The third kappa shape index (κ3) is 3.76. The van der Waals surface area contributed by atoms with Crippen LogP contribution in [0.4, 0.5) is 5.69 Å². The van der Waals surface area contributed by atoms with Crippen LogP contribution in [0, 0.1) is 0 Å². The van der Waals surface area contributed by atoms with Crippen molar-refractivity contribution in [3.8, 4) is 0 Å². The molecule has 104 valence electrons. The van der Waals surface area contributed by atoms with Crippen molar-refractivity contribution in [3.63, 3.8) is 0 Å². The molecule has 1 aromatic heterocycles. The topological polar surface area (TPSA) is 51.1 Å². The molecular formula is C13H9Cl3N2O2. The molecule has 1 N–H and O–H groups in total. The van der Waals surface area contributed by atoms with Gasteiger partial charge in [-0.25, -0.2) is 0 Å². The van der Waals surface area contributed by atoms with Crippen molar-refractivity contribution >= 4 is 46.4 Å². The maximum Gasteiger partial charge on any atom is 0.251 e. The van der Waals surface area contributed by atoms with Gasteiger partial charge in [-0.1, -0.05) is 34.8 Å². The summed E-state index contributed by atoms with van der Waals surface area (Å²) >= 11 is 17.5. The Morgan fingerprint density at radius 3 is 2.55 bits per heavy atom. The first-order valence-electron chi connectivity index (χ1n) is 5.56. The van der Waals surface area contributed by atoms with Crippen LogP contribution >= 0.6 is 34.8 Å². The van der Waals surface area contributed by atoms with E-state index in [9.17, 15) is 9.59 Å². The summed E-state index contributed by atoms with van der Waals surface area (Å²) < 4.78 is 1.20. The van der Waals surface area contributed by atoms with E-state index >= 15 is 0 Å². The summed E-state index contributed by atoms with van der Waals surface area (Å²) in [6.07, 6.45) is 1.39. The molecule has 0 aliphatic heterocycles. The number of hydrogen-bond donors (Lipinski definition) is 1. The van der Waals surface area contributed by atoms with Gasteiger partial charge in [0.1, 0.15) is 6.54 Å². The quantitative estimate of drug-likeness (QED) is 0.936. The lowest BCUT2D eigenvalue weighted by Crippen LogP contribution is -2.26. The predicted molar refractivity (Wildman–Crippen MR) is 80.8 cm³/mol. The fourth-order valence-electron chi connectivity index (χ4n) is 1.56. The zero-order valence-electron chi connectivity index (χ0n) is 10.1. The highest BCUT2D eigenvalue weighted by molar-refractivity contribution is 6.35. The number of hydrogen-bond acceptors (Lipinski definition) is 2. The monoisotopic (exact) mass is 330 g/mol. The van der Waals surface area contributed by atoms with Crippen molar-refractivity contribution in [2.75, 3.05) is 5.32 Å². The lowest BCUT2D eigenvalue weighted by molar-refractivity contribution is -0.116. The van der Waals surface area contributed by atoms with Crippen molar-refractivity contribution in [1.29, 1.82) is 0 Å². The summed E-state index contributed by atoms with van der Waals surface area (Å²) in [6.45, 7) is -0.164. The summed E-state index contributed by atoms with van der Waals surface area (Å²) in [7, 11) is 0. The van der Waals surface area contributed by atoms with E-state index in [2.05, 4.69) is 5.32 Å². The molecule has 0 saturated carbocycles. The van der Waals surface area contributed by atoms with Gasteiger partial charge in [0.25, 0.3) is 5.56 Å². The highest BCUT2D eigenvalue weighted by Crippen LogP contribution is 2.25. The fraction of sp³-hybridized carbons (Fsp3) is 0.0769. The number of carbonyl (C=O) groups is 1. The van der Waals surface area contributed by atoms with Gasteiger partial charge >= 0.3 is 0 Å². The summed E-state index contributed by atoms with van der Waals surface area (Å²) in [6, 6.07) is 7.47. The second-order valence-electron chi connectivity index (χ2n) is 3.99. The van der Waals surface area contributed by atoms with E-state index in [0.29, 0.717) is 20.8 Å². The molecule has 20 heavy (non-hydrogen) atoms. The molecule has 0 aliphatic rings. The number of pyridine rings is 1. The van der Waals surface area contributed by atoms with Crippen LogP contribution in [0.2, 0.25) is 15.1 Å². The van der Waals surface area contributed by atoms with E-state index in [1.165, 1.54) is 29.0 Å². The first kappa shape index (κ1) is 14.9. The molecule has 1 amide bonds. The van der Waals surface area contributed by atoms with Gasteiger partial charge in [0.15, 0.2) is 0 Å². The molecule has 0 atom stereocenters. The maximum atomic E-state index is 11.9. The predicted octanol–water partition coefficient (Wildman–Crippen LogP) is 3.45. The maximum absolute atomic E-state index is 11.9. The van der Waals surface area contributed by atoms with Gasteiger partial charge in [0.05, 0.1) is 15.7 Å². The van der Waals surface area contributed by atoms with E-state index in [1.54, 1.807) is 12.1 Å². The summed E-state index contributed by atoms with van der Waals surface area (Å²) in [4.78, 5) is 23.5. The molecule has 7 heteroatoms. The Hall–Kier alpha value is -1.49. The molecule has 2 aromatic rings. The Morgan fingerprint density at radius 2 is 1.80 bits per heavy atom. The highest BCUT2D eigenvalue weighted by Gasteiger charge is 2.08. The molecule has 0 bridgehead atoms. The molecule has 0 aliphatic carbocycles. The van der Waals surface area contributed by atoms with E-state index in [4.69, 9.17) is 34.8 Å². The van der Waals surface area contributed by atoms with Gasteiger partial charge < -0.3 is 9.88 Å².